The van der Waals surface area contributed by atoms with Crippen molar-refractivity contribution in [1.29, 1.82) is 0 Å². The predicted molar refractivity (Wildman–Crippen MR) is 62.6 cm³/mol. The topological polar surface area (TPSA) is 63.3 Å². The van der Waals surface area contributed by atoms with Crippen LogP contribution in [-0.2, 0) is 0 Å². The Kier molecular flexibility index (Phi) is 3.25. The molecule has 3 heteroatoms. The fourth-order valence-electron chi connectivity index (χ4n) is 2.35. The van der Waals surface area contributed by atoms with Crippen molar-refractivity contribution in [2.45, 2.75) is 37.6 Å². The summed E-state index contributed by atoms with van der Waals surface area (Å²) in [4.78, 5) is 10.7. The molecule has 0 spiro atoms. The first kappa shape index (κ1) is 11.1. The number of benzene rings is 1. The summed E-state index contributed by atoms with van der Waals surface area (Å²) in [5.74, 6) is -0.306. The lowest BCUT2D eigenvalue weighted by Gasteiger charge is -2.26. The number of nitrogens with two attached hydrogens (primary N) is 1. The fraction of sp³-hybridized carbons (Fsp3) is 0.462. The molecule has 0 heterocycles. The number of rotatable bonds is 2. The average Bonchev–Trinajstić information content (AvgIpc) is 2.30. The maximum atomic E-state index is 10.7. The van der Waals surface area contributed by atoms with Crippen LogP contribution in [0, 0.1) is 0 Å². The fourth-order valence-corrected chi connectivity index (χ4v) is 2.35. The molecule has 0 aliphatic heterocycles. The summed E-state index contributed by atoms with van der Waals surface area (Å²) >= 11 is 0. The second-order valence-electron chi connectivity index (χ2n) is 4.54. The van der Waals surface area contributed by atoms with Gasteiger partial charge in [-0.25, -0.2) is 4.79 Å². The standard InChI is InChI=1S/C13H17NO2/c14-12-7-5-10(6-8-12)9-1-3-11(4-2-9)13(15)16/h1-4,10,12H,5-8,14H2,(H,15,16). The molecule has 0 amide bonds. The molecule has 86 valence electrons. The summed E-state index contributed by atoms with van der Waals surface area (Å²) in [5.41, 5.74) is 7.47. The normalized spacial score (nSPS) is 25.3. The van der Waals surface area contributed by atoms with E-state index in [1.54, 1.807) is 12.1 Å². The Balaban J connectivity index is 2.07. The SMILES string of the molecule is NC1CCC(c2ccc(C(=O)O)cc2)CC1. The van der Waals surface area contributed by atoms with Crippen LogP contribution in [0.5, 0.6) is 0 Å². The molecule has 1 saturated carbocycles. The molecule has 0 bridgehead atoms. The zero-order chi connectivity index (χ0) is 11.5. The molecule has 3 N–H and O–H groups in total. The Bertz CT molecular complexity index is 364. The molecule has 0 aromatic heterocycles. The maximum absolute atomic E-state index is 10.7. The van der Waals surface area contributed by atoms with Gasteiger partial charge in [-0.3, -0.25) is 0 Å². The van der Waals surface area contributed by atoms with Crippen LogP contribution in [0.4, 0.5) is 0 Å². The van der Waals surface area contributed by atoms with Crippen LogP contribution in [0.1, 0.15) is 47.5 Å². The van der Waals surface area contributed by atoms with Gasteiger partial charge in [0.25, 0.3) is 0 Å². The van der Waals surface area contributed by atoms with E-state index < -0.39 is 5.97 Å². The van der Waals surface area contributed by atoms with E-state index in [-0.39, 0.29) is 0 Å². The average molecular weight is 219 g/mol. The molecular formula is C13H17NO2. The van der Waals surface area contributed by atoms with E-state index in [4.69, 9.17) is 10.8 Å². The third-order valence-corrected chi connectivity index (χ3v) is 3.40. The van der Waals surface area contributed by atoms with Gasteiger partial charge in [0.1, 0.15) is 0 Å². The van der Waals surface area contributed by atoms with Crippen LogP contribution in [0.15, 0.2) is 24.3 Å². The van der Waals surface area contributed by atoms with E-state index in [2.05, 4.69) is 0 Å². The highest BCUT2D eigenvalue weighted by Crippen LogP contribution is 2.32. The number of carboxylic acid groups (broad SMARTS) is 1. The Hall–Kier alpha value is -1.35. The first-order valence-electron chi connectivity index (χ1n) is 5.75. The highest BCUT2D eigenvalue weighted by Gasteiger charge is 2.19. The summed E-state index contributed by atoms with van der Waals surface area (Å²) in [6, 6.07) is 7.60. The maximum Gasteiger partial charge on any atom is 0.335 e. The van der Waals surface area contributed by atoms with Gasteiger partial charge in [0.15, 0.2) is 0 Å². The summed E-state index contributed by atoms with van der Waals surface area (Å²) in [7, 11) is 0. The molecule has 1 fully saturated rings. The second-order valence-corrected chi connectivity index (χ2v) is 4.54. The lowest BCUT2D eigenvalue weighted by Crippen LogP contribution is -2.25. The van der Waals surface area contributed by atoms with Gasteiger partial charge in [-0.2, -0.15) is 0 Å². The molecular weight excluding hydrogens is 202 g/mol. The van der Waals surface area contributed by atoms with Crippen molar-refractivity contribution in [2.75, 3.05) is 0 Å². The van der Waals surface area contributed by atoms with E-state index in [1.807, 2.05) is 12.1 Å². The molecule has 0 saturated heterocycles. The van der Waals surface area contributed by atoms with Crippen LogP contribution >= 0.6 is 0 Å². The first-order valence-corrected chi connectivity index (χ1v) is 5.75. The van der Waals surface area contributed by atoms with E-state index in [0.717, 1.165) is 25.7 Å². The van der Waals surface area contributed by atoms with Gasteiger partial charge in [-0.15, -0.1) is 0 Å². The number of aromatic carboxylic acids is 1. The van der Waals surface area contributed by atoms with Crippen molar-refractivity contribution in [3.05, 3.63) is 35.4 Å². The third-order valence-electron chi connectivity index (χ3n) is 3.40. The van der Waals surface area contributed by atoms with E-state index in [9.17, 15) is 4.79 Å². The predicted octanol–water partition coefficient (Wildman–Crippen LogP) is 2.37. The van der Waals surface area contributed by atoms with Crippen molar-refractivity contribution < 1.29 is 9.90 Å². The van der Waals surface area contributed by atoms with Crippen LogP contribution in [0.3, 0.4) is 0 Å². The van der Waals surface area contributed by atoms with E-state index in [1.165, 1.54) is 5.56 Å². The van der Waals surface area contributed by atoms with Crippen molar-refractivity contribution in [3.63, 3.8) is 0 Å². The van der Waals surface area contributed by atoms with Crippen molar-refractivity contribution in [1.82, 2.24) is 0 Å². The van der Waals surface area contributed by atoms with Gasteiger partial charge >= 0.3 is 5.97 Å². The molecule has 1 aliphatic rings. The smallest absolute Gasteiger partial charge is 0.335 e. The van der Waals surface area contributed by atoms with Gasteiger partial charge in [-0.05, 0) is 49.3 Å². The number of hydrogen-bond donors (Lipinski definition) is 2. The third kappa shape index (κ3) is 2.42. The van der Waals surface area contributed by atoms with Gasteiger partial charge in [0.2, 0.25) is 0 Å². The number of carbonyl (C=O) groups is 1. The number of hydrogen-bond acceptors (Lipinski definition) is 2. The van der Waals surface area contributed by atoms with Crippen molar-refractivity contribution in [2.24, 2.45) is 5.73 Å². The Morgan fingerprint density at radius 1 is 1.12 bits per heavy atom. The Labute approximate surface area is 95.3 Å². The summed E-state index contributed by atoms with van der Waals surface area (Å²) in [6.07, 6.45) is 4.39. The molecule has 16 heavy (non-hydrogen) atoms. The van der Waals surface area contributed by atoms with Crippen molar-refractivity contribution >= 4 is 5.97 Å². The highest BCUT2D eigenvalue weighted by atomic mass is 16.4. The van der Waals surface area contributed by atoms with Gasteiger partial charge < -0.3 is 10.8 Å². The molecule has 0 unspecified atom stereocenters. The minimum atomic E-state index is -0.864. The monoisotopic (exact) mass is 219 g/mol. The van der Waals surface area contributed by atoms with Crippen LogP contribution in [0.2, 0.25) is 0 Å². The summed E-state index contributed by atoms with van der Waals surface area (Å²) in [5, 5.41) is 8.80. The molecule has 1 aliphatic carbocycles. The summed E-state index contributed by atoms with van der Waals surface area (Å²) in [6.45, 7) is 0. The zero-order valence-corrected chi connectivity index (χ0v) is 9.23. The van der Waals surface area contributed by atoms with Crippen LogP contribution in [-0.4, -0.2) is 17.1 Å². The molecule has 0 radical (unpaired) electrons. The lowest BCUT2D eigenvalue weighted by atomic mass is 9.82. The molecule has 3 nitrogen and oxygen atoms in total. The van der Waals surface area contributed by atoms with Crippen LogP contribution in [0.25, 0.3) is 0 Å². The molecule has 1 aromatic rings. The zero-order valence-electron chi connectivity index (χ0n) is 9.23. The quantitative estimate of drug-likeness (QED) is 0.802. The first-order chi connectivity index (χ1) is 7.66. The highest BCUT2D eigenvalue weighted by molar-refractivity contribution is 5.87. The van der Waals surface area contributed by atoms with Crippen molar-refractivity contribution in [3.8, 4) is 0 Å². The minimum absolute atomic E-state index is 0.356. The van der Waals surface area contributed by atoms with Gasteiger partial charge in [0.05, 0.1) is 5.56 Å². The molecule has 1 aromatic carbocycles. The van der Waals surface area contributed by atoms with Gasteiger partial charge in [-0.1, -0.05) is 12.1 Å². The minimum Gasteiger partial charge on any atom is -0.478 e. The van der Waals surface area contributed by atoms with E-state index >= 15 is 0 Å². The largest absolute Gasteiger partial charge is 0.478 e. The Morgan fingerprint density at radius 3 is 2.19 bits per heavy atom. The van der Waals surface area contributed by atoms with Gasteiger partial charge in [0, 0.05) is 6.04 Å². The summed E-state index contributed by atoms with van der Waals surface area (Å²) < 4.78 is 0. The lowest BCUT2D eigenvalue weighted by molar-refractivity contribution is 0.0697. The van der Waals surface area contributed by atoms with Crippen LogP contribution < -0.4 is 5.73 Å². The van der Waals surface area contributed by atoms with E-state index in [0.29, 0.717) is 17.5 Å². The molecule has 2 rings (SSSR count). The Morgan fingerprint density at radius 2 is 1.69 bits per heavy atom. The second kappa shape index (κ2) is 4.66. The molecule has 0 atom stereocenters. The number of carboxylic acids is 1.